The first-order valence-corrected chi connectivity index (χ1v) is 12.2. The number of nitrogens with zero attached hydrogens (tertiary/aromatic N) is 2. The molecule has 2 aromatic carbocycles. The predicted molar refractivity (Wildman–Crippen MR) is 107 cm³/mol. The van der Waals surface area contributed by atoms with Gasteiger partial charge in [0.2, 0.25) is 4.80 Å². The van der Waals surface area contributed by atoms with E-state index in [1.165, 1.54) is 36.4 Å². The smallest absolute Gasteiger partial charge is 0.285 e. The fourth-order valence-corrected chi connectivity index (χ4v) is 5.55. The molecule has 0 unspecified atom stereocenters. The summed E-state index contributed by atoms with van der Waals surface area (Å²) >= 11 is 6.90. The zero-order valence-electron chi connectivity index (χ0n) is 14.2. The predicted octanol–water partition coefficient (Wildman–Crippen LogP) is 3.24. The number of hydrogen-bond acceptors (Lipinski definition) is 5. The van der Waals surface area contributed by atoms with Crippen LogP contribution in [0, 0.1) is 0 Å². The number of rotatable bonds is 5. The third-order valence-electron chi connectivity index (χ3n) is 3.70. The first kappa shape index (κ1) is 19.8. The normalized spacial score (nSPS) is 13.2. The van der Waals surface area contributed by atoms with Gasteiger partial charge in [-0.3, -0.25) is 0 Å². The quantitative estimate of drug-likeness (QED) is 0.567. The second-order valence-electron chi connectivity index (χ2n) is 5.71. The van der Waals surface area contributed by atoms with Crippen molar-refractivity contribution in [2.24, 2.45) is 4.40 Å². The minimum absolute atomic E-state index is 0.0198. The van der Waals surface area contributed by atoms with Crippen LogP contribution in [0.3, 0.4) is 0 Å². The molecular weight excluding hydrogens is 428 g/mol. The van der Waals surface area contributed by atoms with E-state index < -0.39 is 19.9 Å². The summed E-state index contributed by atoms with van der Waals surface area (Å²) < 4.78 is 55.1. The van der Waals surface area contributed by atoms with Crippen LogP contribution in [0.25, 0.3) is 10.2 Å². The SMILES string of the molecule is C=CCn1/c(=N/S(=O)(=O)c2ccc(Cl)cc2)sc2cc(S(C)(=O)=O)ccc21. The van der Waals surface area contributed by atoms with E-state index in [1.807, 2.05) is 0 Å². The molecule has 0 amide bonds. The van der Waals surface area contributed by atoms with Crippen LogP contribution >= 0.6 is 22.9 Å². The van der Waals surface area contributed by atoms with E-state index in [0.717, 1.165) is 17.6 Å². The maximum absolute atomic E-state index is 12.6. The number of halogens is 1. The van der Waals surface area contributed by atoms with Gasteiger partial charge in [0.25, 0.3) is 10.0 Å². The van der Waals surface area contributed by atoms with Gasteiger partial charge in [0.05, 0.1) is 20.0 Å². The Bertz CT molecular complexity index is 1300. The summed E-state index contributed by atoms with van der Waals surface area (Å²) in [6.45, 7) is 4.01. The minimum Gasteiger partial charge on any atom is -0.312 e. The molecule has 0 saturated carbocycles. The topological polar surface area (TPSA) is 85.6 Å². The summed E-state index contributed by atoms with van der Waals surface area (Å²) in [4.78, 5) is 0.408. The average molecular weight is 443 g/mol. The molecule has 6 nitrogen and oxygen atoms in total. The molecule has 0 aliphatic carbocycles. The highest BCUT2D eigenvalue weighted by molar-refractivity contribution is 7.90. The Morgan fingerprint density at radius 1 is 1.11 bits per heavy atom. The van der Waals surface area contributed by atoms with Crippen molar-refractivity contribution < 1.29 is 16.8 Å². The number of benzene rings is 2. The fourth-order valence-electron chi connectivity index (χ4n) is 2.42. The molecule has 0 aliphatic rings. The second kappa shape index (κ2) is 7.23. The second-order valence-corrected chi connectivity index (χ2v) is 10.8. The number of fused-ring (bicyclic) bond motifs is 1. The van der Waals surface area contributed by atoms with Crippen molar-refractivity contribution >= 4 is 53.0 Å². The van der Waals surface area contributed by atoms with Crippen molar-refractivity contribution in [1.29, 1.82) is 0 Å². The zero-order chi connectivity index (χ0) is 19.8. The molecule has 3 aromatic rings. The van der Waals surface area contributed by atoms with E-state index in [9.17, 15) is 16.8 Å². The molecule has 0 fully saturated rings. The standard InChI is InChI=1S/C17H15ClN2O4S3/c1-3-10-20-15-9-8-14(26(2,21)22)11-16(15)25-17(20)19-27(23,24)13-6-4-12(18)5-7-13/h3-9,11H,1,10H2,2H3/b19-17-. The molecular formula is C17H15ClN2O4S3. The van der Waals surface area contributed by atoms with E-state index >= 15 is 0 Å². The third kappa shape index (κ3) is 4.16. The average Bonchev–Trinajstić information content (AvgIpc) is 2.91. The highest BCUT2D eigenvalue weighted by Crippen LogP contribution is 2.23. The van der Waals surface area contributed by atoms with E-state index in [1.54, 1.807) is 16.7 Å². The van der Waals surface area contributed by atoms with Crippen LogP contribution < -0.4 is 4.80 Å². The van der Waals surface area contributed by atoms with Gasteiger partial charge < -0.3 is 4.57 Å². The van der Waals surface area contributed by atoms with Gasteiger partial charge in [0.15, 0.2) is 9.84 Å². The monoisotopic (exact) mass is 442 g/mol. The molecule has 0 bridgehead atoms. The largest absolute Gasteiger partial charge is 0.312 e. The van der Waals surface area contributed by atoms with Gasteiger partial charge in [0.1, 0.15) is 0 Å². The number of allylic oxidation sites excluding steroid dienone is 1. The summed E-state index contributed by atoms with van der Waals surface area (Å²) in [7, 11) is -7.33. The molecule has 3 rings (SSSR count). The highest BCUT2D eigenvalue weighted by atomic mass is 35.5. The van der Waals surface area contributed by atoms with Gasteiger partial charge in [-0.15, -0.1) is 11.0 Å². The van der Waals surface area contributed by atoms with Crippen molar-refractivity contribution in [2.45, 2.75) is 16.3 Å². The lowest BCUT2D eigenvalue weighted by atomic mass is 10.3. The Morgan fingerprint density at radius 2 is 1.74 bits per heavy atom. The maximum atomic E-state index is 12.6. The van der Waals surface area contributed by atoms with Crippen molar-refractivity contribution in [3.63, 3.8) is 0 Å². The van der Waals surface area contributed by atoms with Crippen LogP contribution in [0.4, 0.5) is 0 Å². The van der Waals surface area contributed by atoms with Gasteiger partial charge in [-0.1, -0.05) is 29.0 Å². The molecule has 1 aromatic heterocycles. The summed E-state index contributed by atoms with van der Waals surface area (Å²) in [5, 5.41) is 0.422. The third-order valence-corrected chi connectivity index (χ3v) is 7.50. The molecule has 27 heavy (non-hydrogen) atoms. The molecule has 142 valence electrons. The van der Waals surface area contributed by atoms with E-state index in [-0.39, 0.29) is 14.6 Å². The lowest BCUT2D eigenvalue weighted by Gasteiger charge is -2.03. The summed E-state index contributed by atoms with van der Waals surface area (Å²) in [6, 6.07) is 10.4. The summed E-state index contributed by atoms with van der Waals surface area (Å²) in [5.41, 5.74) is 0.678. The van der Waals surface area contributed by atoms with Crippen molar-refractivity contribution in [3.8, 4) is 0 Å². The summed E-state index contributed by atoms with van der Waals surface area (Å²) in [5.74, 6) is 0. The number of hydrogen-bond donors (Lipinski definition) is 0. The number of sulfone groups is 1. The molecule has 0 radical (unpaired) electrons. The van der Waals surface area contributed by atoms with Crippen LogP contribution in [0.1, 0.15) is 0 Å². The first-order valence-electron chi connectivity index (χ1n) is 7.63. The first-order chi connectivity index (χ1) is 12.6. The lowest BCUT2D eigenvalue weighted by molar-refractivity contribution is 0.595. The Kier molecular flexibility index (Phi) is 5.31. The fraction of sp³-hybridized carbons (Fsp3) is 0.118. The Morgan fingerprint density at radius 3 is 2.33 bits per heavy atom. The highest BCUT2D eigenvalue weighted by Gasteiger charge is 2.16. The van der Waals surface area contributed by atoms with Crippen molar-refractivity contribution in [2.75, 3.05) is 6.26 Å². The van der Waals surface area contributed by atoms with Crippen LogP contribution in [-0.4, -0.2) is 27.7 Å². The van der Waals surface area contributed by atoms with Gasteiger partial charge in [0, 0.05) is 17.8 Å². The molecule has 10 heteroatoms. The van der Waals surface area contributed by atoms with Crippen molar-refractivity contribution in [1.82, 2.24) is 4.57 Å². The van der Waals surface area contributed by atoms with Crippen molar-refractivity contribution in [3.05, 3.63) is 64.9 Å². The van der Waals surface area contributed by atoms with Gasteiger partial charge in [-0.05, 0) is 42.5 Å². The van der Waals surface area contributed by atoms with E-state index in [0.29, 0.717) is 21.8 Å². The van der Waals surface area contributed by atoms with Gasteiger partial charge in [-0.25, -0.2) is 8.42 Å². The molecule has 1 heterocycles. The molecule has 0 spiro atoms. The number of sulfonamides is 1. The molecule has 0 N–H and O–H groups in total. The van der Waals surface area contributed by atoms with E-state index in [2.05, 4.69) is 11.0 Å². The van der Waals surface area contributed by atoms with E-state index in [4.69, 9.17) is 11.6 Å². The zero-order valence-corrected chi connectivity index (χ0v) is 17.4. The number of aromatic nitrogens is 1. The van der Waals surface area contributed by atoms with Gasteiger partial charge in [-0.2, -0.15) is 8.42 Å². The van der Waals surface area contributed by atoms with Crippen LogP contribution in [0.15, 0.2) is 69.3 Å². The summed E-state index contributed by atoms with van der Waals surface area (Å²) in [6.07, 6.45) is 2.74. The molecule has 0 aliphatic heterocycles. The lowest BCUT2D eigenvalue weighted by Crippen LogP contribution is -2.16. The minimum atomic E-state index is -3.95. The Labute approximate surface area is 166 Å². The number of thiazole rings is 1. The van der Waals surface area contributed by atoms with Crippen LogP contribution in [-0.2, 0) is 26.4 Å². The van der Waals surface area contributed by atoms with Gasteiger partial charge >= 0.3 is 0 Å². The maximum Gasteiger partial charge on any atom is 0.285 e. The molecule has 0 atom stereocenters. The Balaban J connectivity index is 2.26. The van der Waals surface area contributed by atoms with Crippen LogP contribution in [0.5, 0.6) is 0 Å². The Hall–Kier alpha value is -1.94. The molecule has 0 saturated heterocycles. The van der Waals surface area contributed by atoms with Crippen LogP contribution in [0.2, 0.25) is 5.02 Å².